The Balaban J connectivity index is 1.55. The van der Waals surface area contributed by atoms with Gasteiger partial charge in [-0.2, -0.15) is 0 Å². The van der Waals surface area contributed by atoms with Crippen molar-refractivity contribution in [3.63, 3.8) is 0 Å². The van der Waals surface area contributed by atoms with E-state index in [-0.39, 0.29) is 5.91 Å². The number of carbonyl (C=O) groups excluding carboxylic acids is 1. The van der Waals surface area contributed by atoms with Gasteiger partial charge in [0.05, 0.1) is 11.9 Å². The van der Waals surface area contributed by atoms with Crippen LogP contribution in [0.3, 0.4) is 0 Å². The average Bonchev–Trinajstić information content (AvgIpc) is 2.63. The molecule has 1 aromatic heterocycles. The number of hydrogen-bond donors (Lipinski definition) is 2. The average molecular weight is 325 g/mol. The van der Waals surface area contributed by atoms with Gasteiger partial charge in [-0.15, -0.1) is 0 Å². The number of nitrogens with two attached hydrogens (primary N) is 1. The van der Waals surface area contributed by atoms with Crippen LogP contribution in [0.4, 0.5) is 17.2 Å². The van der Waals surface area contributed by atoms with Crippen LogP contribution < -0.4 is 20.9 Å². The number of benzene rings is 1. The van der Waals surface area contributed by atoms with E-state index in [1.54, 1.807) is 0 Å². The monoisotopic (exact) mass is 325 g/mol. The van der Waals surface area contributed by atoms with Crippen molar-refractivity contribution in [2.45, 2.75) is 6.42 Å². The first-order chi connectivity index (χ1) is 11.8. The van der Waals surface area contributed by atoms with E-state index in [0.29, 0.717) is 18.8 Å². The molecule has 1 fully saturated rings. The maximum absolute atomic E-state index is 11.5. The predicted molar refractivity (Wildman–Crippen MR) is 97.4 cm³/mol. The molecule has 0 bridgehead atoms. The van der Waals surface area contributed by atoms with E-state index in [0.717, 1.165) is 31.9 Å². The molecule has 3 N–H and O–H groups in total. The molecule has 1 aliphatic rings. The van der Waals surface area contributed by atoms with Crippen LogP contribution in [-0.4, -0.2) is 43.6 Å². The third kappa shape index (κ3) is 4.02. The fourth-order valence-electron chi connectivity index (χ4n) is 2.85. The van der Waals surface area contributed by atoms with Crippen LogP contribution in [0, 0.1) is 0 Å². The van der Waals surface area contributed by atoms with Crippen LogP contribution in [0.25, 0.3) is 0 Å². The number of rotatable bonds is 5. The number of aromatic nitrogens is 1. The summed E-state index contributed by atoms with van der Waals surface area (Å²) in [5.41, 5.74) is 7.72. The Morgan fingerprint density at radius 2 is 1.67 bits per heavy atom. The van der Waals surface area contributed by atoms with E-state index in [4.69, 9.17) is 5.73 Å². The smallest absolute Gasteiger partial charge is 0.226 e. The standard InChI is InChI=1S/C18H23N5O/c19-9-8-18(24)21-17-7-6-16(14-20-17)23-12-10-22(11-13-23)15-4-2-1-3-5-15/h1-7,14H,8-13,19H2,(H,20,21,24). The van der Waals surface area contributed by atoms with Gasteiger partial charge in [-0.25, -0.2) is 4.98 Å². The lowest BCUT2D eigenvalue weighted by atomic mass is 10.2. The predicted octanol–water partition coefficient (Wildman–Crippen LogP) is 1.70. The highest BCUT2D eigenvalue weighted by atomic mass is 16.1. The van der Waals surface area contributed by atoms with Gasteiger partial charge in [0.2, 0.25) is 5.91 Å². The number of piperazine rings is 1. The molecule has 0 spiro atoms. The third-order valence-corrected chi connectivity index (χ3v) is 4.15. The normalized spacial score (nSPS) is 14.5. The van der Waals surface area contributed by atoms with Crippen LogP contribution in [0.5, 0.6) is 0 Å². The number of nitrogens with zero attached hydrogens (tertiary/aromatic N) is 3. The van der Waals surface area contributed by atoms with Crippen molar-refractivity contribution in [3.8, 4) is 0 Å². The molecule has 126 valence electrons. The first kappa shape index (κ1) is 16.3. The molecule has 0 aliphatic carbocycles. The number of para-hydroxylation sites is 1. The van der Waals surface area contributed by atoms with E-state index in [1.807, 2.05) is 24.4 Å². The van der Waals surface area contributed by atoms with E-state index in [9.17, 15) is 4.79 Å². The van der Waals surface area contributed by atoms with Crippen molar-refractivity contribution < 1.29 is 4.79 Å². The van der Waals surface area contributed by atoms with E-state index in [2.05, 4.69) is 44.4 Å². The summed E-state index contributed by atoms with van der Waals surface area (Å²) in [5, 5.41) is 2.74. The molecule has 2 aromatic rings. The number of amides is 1. The molecule has 24 heavy (non-hydrogen) atoms. The summed E-state index contributed by atoms with van der Waals surface area (Å²) in [6.45, 7) is 4.22. The topological polar surface area (TPSA) is 74.5 Å². The van der Waals surface area contributed by atoms with Crippen LogP contribution in [-0.2, 0) is 4.79 Å². The molecule has 6 heteroatoms. The van der Waals surface area contributed by atoms with Gasteiger partial charge in [-0.1, -0.05) is 18.2 Å². The summed E-state index contributed by atoms with van der Waals surface area (Å²) in [5.74, 6) is 0.467. The maximum Gasteiger partial charge on any atom is 0.226 e. The SMILES string of the molecule is NCCC(=O)Nc1ccc(N2CCN(c3ccccc3)CC2)cn1. The first-order valence-electron chi connectivity index (χ1n) is 8.27. The Labute approximate surface area is 142 Å². The summed E-state index contributed by atoms with van der Waals surface area (Å²) in [6, 6.07) is 14.3. The molecule has 1 aliphatic heterocycles. The highest BCUT2D eigenvalue weighted by molar-refractivity contribution is 5.89. The molecule has 3 rings (SSSR count). The molecule has 2 heterocycles. The molecule has 0 saturated carbocycles. The van der Waals surface area contributed by atoms with Crippen molar-refractivity contribution in [2.75, 3.05) is 47.8 Å². The van der Waals surface area contributed by atoms with Crippen LogP contribution in [0.15, 0.2) is 48.7 Å². The second-order valence-corrected chi connectivity index (χ2v) is 5.80. The number of nitrogens with one attached hydrogen (secondary N) is 1. The highest BCUT2D eigenvalue weighted by Gasteiger charge is 2.17. The number of pyridine rings is 1. The summed E-state index contributed by atoms with van der Waals surface area (Å²) >= 11 is 0. The minimum Gasteiger partial charge on any atom is -0.368 e. The summed E-state index contributed by atoms with van der Waals surface area (Å²) in [7, 11) is 0. The molecule has 1 amide bonds. The maximum atomic E-state index is 11.5. The number of anilines is 3. The fraction of sp³-hybridized carbons (Fsp3) is 0.333. The lowest BCUT2D eigenvalue weighted by Gasteiger charge is -2.37. The second kappa shape index (κ2) is 7.79. The van der Waals surface area contributed by atoms with Crippen molar-refractivity contribution in [2.24, 2.45) is 5.73 Å². The minimum absolute atomic E-state index is 0.103. The van der Waals surface area contributed by atoms with Gasteiger partial charge in [-0.05, 0) is 24.3 Å². The molecular formula is C18H23N5O. The highest BCUT2D eigenvalue weighted by Crippen LogP contribution is 2.20. The summed E-state index contributed by atoms with van der Waals surface area (Å²) in [6.07, 6.45) is 2.13. The Bertz CT molecular complexity index is 651. The fourth-order valence-corrected chi connectivity index (χ4v) is 2.85. The lowest BCUT2D eigenvalue weighted by Crippen LogP contribution is -2.46. The van der Waals surface area contributed by atoms with Gasteiger partial charge in [-0.3, -0.25) is 4.79 Å². The van der Waals surface area contributed by atoms with Crippen molar-refractivity contribution in [1.29, 1.82) is 0 Å². The molecule has 6 nitrogen and oxygen atoms in total. The van der Waals surface area contributed by atoms with Gasteiger partial charge < -0.3 is 20.9 Å². The number of hydrogen-bond acceptors (Lipinski definition) is 5. The molecule has 0 radical (unpaired) electrons. The molecular weight excluding hydrogens is 302 g/mol. The molecule has 0 atom stereocenters. The van der Waals surface area contributed by atoms with Gasteiger partial charge in [0, 0.05) is 44.8 Å². The summed E-state index contributed by atoms with van der Waals surface area (Å²) < 4.78 is 0. The Morgan fingerprint density at radius 3 is 2.25 bits per heavy atom. The van der Waals surface area contributed by atoms with Crippen molar-refractivity contribution >= 4 is 23.1 Å². The lowest BCUT2D eigenvalue weighted by molar-refractivity contribution is -0.116. The van der Waals surface area contributed by atoms with Crippen molar-refractivity contribution in [3.05, 3.63) is 48.7 Å². The van der Waals surface area contributed by atoms with Crippen LogP contribution in [0.1, 0.15) is 6.42 Å². The van der Waals surface area contributed by atoms with Crippen LogP contribution >= 0.6 is 0 Å². The first-order valence-corrected chi connectivity index (χ1v) is 8.27. The van der Waals surface area contributed by atoms with Gasteiger partial charge in [0.1, 0.15) is 5.82 Å². The zero-order valence-electron chi connectivity index (χ0n) is 13.7. The Kier molecular flexibility index (Phi) is 5.28. The zero-order valence-corrected chi connectivity index (χ0v) is 13.7. The second-order valence-electron chi connectivity index (χ2n) is 5.80. The van der Waals surface area contributed by atoms with Gasteiger partial charge in [0.25, 0.3) is 0 Å². The molecule has 1 aromatic carbocycles. The van der Waals surface area contributed by atoms with E-state index < -0.39 is 0 Å². The largest absolute Gasteiger partial charge is 0.368 e. The Morgan fingerprint density at radius 1 is 1.00 bits per heavy atom. The van der Waals surface area contributed by atoms with E-state index in [1.165, 1.54) is 5.69 Å². The summed E-state index contributed by atoms with van der Waals surface area (Å²) in [4.78, 5) is 20.6. The van der Waals surface area contributed by atoms with Crippen LogP contribution in [0.2, 0.25) is 0 Å². The zero-order chi connectivity index (χ0) is 16.8. The Hall–Kier alpha value is -2.60. The quantitative estimate of drug-likeness (QED) is 0.875. The molecule has 1 saturated heterocycles. The minimum atomic E-state index is -0.103. The molecule has 0 unspecified atom stereocenters. The third-order valence-electron chi connectivity index (χ3n) is 4.15. The van der Waals surface area contributed by atoms with Gasteiger partial charge >= 0.3 is 0 Å². The number of carbonyl (C=O) groups is 1. The van der Waals surface area contributed by atoms with E-state index >= 15 is 0 Å². The van der Waals surface area contributed by atoms with Gasteiger partial charge in [0.15, 0.2) is 0 Å². The van der Waals surface area contributed by atoms with Crippen molar-refractivity contribution in [1.82, 2.24) is 4.98 Å².